The Morgan fingerprint density at radius 1 is 0.378 bits per heavy atom. The summed E-state index contributed by atoms with van der Waals surface area (Å²) in [6.45, 7) is 2.05. The number of pyridine rings is 2. The number of aromatic nitrogens is 4. The third-order valence-corrected chi connectivity index (χ3v) is 8.16. The molecule has 0 aliphatic heterocycles. The number of fused-ring (bicyclic) bond motifs is 3. The van der Waals surface area contributed by atoms with E-state index in [1.807, 2.05) is 61.5 Å². The van der Waals surface area contributed by atoms with Gasteiger partial charge in [0.25, 0.3) is 0 Å². The summed E-state index contributed by atoms with van der Waals surface area (Å²) in [4.78, 5) is 20.0. The van der Waals surface area contributed by atoms with Gasteiger partial charge in [-0.05, 0) is 36.2 Å². The van der Waals surface area contributed by atoms with Crippen LogP contribution < -0.4 is 0 Å². The molecule has 3 heterocycles. The zero-order valence-corrected chi connectivity index (χ0v) is 24.7. The van der Waals surface area contributed by atoms with Crippen molar-refractivity contribution in [1.82, 2.24) is 19.9 Å². The highest BCUT2D eigenvalue weighted by Crippen LogP contribution is 2.34. The fraction of sp³-hybridized carbons (Fsp3) is 0.0244. The molecule has 0 N–H and O–H groups in total. The Hall–Kier alpha value is -6.00. The first-order chi connectivity index (χ1) is 22.2. The second-order valence-corrected chi connectivity index (χ2v) is 11.2. The summed E-state index contributed by atoms with van der Waals surface area (Å²) >= 11 is 0. The number of benzene rings is 5. The van der Waals surface area contributed by atoms with Crippen molar-refractivity contribution in [3.05, 3.63) is 157 Å². The molecule has 4 heteroatoms. The number of hydrogen-bond donors (Lipinski definition) is 0. The molecule has 0 spiro atoms. The first kappa shape index (κ1) is 26.6. The molecule has 0 radical (unpaired) electrons. The Morgan fingerprint density at radius 2 is 0.911 bits per heavy atom. The lowest BCUT2D eigenvalue weighted by atomic mass is 9.98. The van der Waals surface area contributed by atoms with E-state index in [4.69, 9.17) is 19.9 Å². The Bertz CT molecular complexity index is 2240. The maximum atomic E-state index is 5.17. The summed E-state index contributed by atoms with van der Waals surface area (Å²) in [7, 11) is 0. The first-order valence-electron chi connectivity index (χ1n) is 15.1. The van der Waals surface area contributed by atoms with Crippen LogP contribution in [0.15, 0.2) is 152 Å². The highest BCUT2D eigenvalue weighted by atomic mass is 14.9. The van der Waals surface area contributed by atoms with Gasteiger partial charge in [-0.2, -0.15) is 0 Å². The molecule has 0 saturated heterocycles. The van der Waals surface area contributed by atoms with E-state index in [-0.39, 0.29) is 0 Å². The Morgan fingerprint density at radius 3 is 1.56 bits per heavy atom. The lowest BCUT2D eigenvalue weighted by molar-refractivity contribution is 1.18. The van der Waals surface area contributed by atoms with E-state index >= 15 is 0 Å². The van der Waals surface area contributed by atoms with Gasteiger partial charge in [0.05, 0.1) is 28.1 Å². The predicted octanol–water partition coefficient (Wildman–Crippen LogP) is 10.2. The van der Waals surface area contributed by atoms with Crippen LogP contribution in [-0.4, -0.2) is 19.9 Å². The molecule has 0 unspecified atom stereocenters. The Balaban J connectivity index is 1.21. The molecule has 5 aromatic carbocycles. The fourth-order valence-electron chi connectivity index (χ4n) is 5.90. The summed E-state index contributed by atoms with van der Waals surface area (Å²) in [6, 6.07) is 52.1. The largest absolute Gasteiger partial charge is 0.251 e. The summed E-state index contributed by atoms with van der Waals surface area (Å²) in [5.74, 6) is 0.705. The van der Waals surface area contributed by atoms with Gasteiger partial charge in [-0.3, -0.25) is 4.98 Å². The molecule has 0 aliphatic rings. The Labute approximate surface area is 261 Å². The van der Waals surface area contributed by atoms with Gasteiger partial charge < -0.3 is 0 Å². The number of rotatable bonds is 5. The molecule has 0 atom stereocenters. The van der Waals surface area contributed by atoms with Gasteiger partial charge in [0.15, 0.2) is 5.82 Å². The zero-order valence-electron chi connectivity index (χ0n) is 24.7. The van der Waals surface area contributed by atoms with Crippen molar-refractivity contribution < 1.29 is 0 Å². The molecule has 0 amide bonds. The van der Waals surface area contributed by atoms with Crippen molar-refractivity contribution in [2.45, 2.75) is 6.92 Å². The minimum Gasteiger partial charge on any atom is -0.251 e. The number of hydrogen-bond acceptors (Lipinski definition) is 4. The molecule has 3 aromatic heterocycles. The van der Waals surface area contributed by atoms with Crippen LogP contribution in [0.2, 0.25) is 0 Å². The molecule has 8 aromatic rings. The normalized spacial score (nSPS) is 11.2. The molecule has 212 valence electrons. The van der Waals surface area contributed by atoms with Gasteiger partial charge in [-0.1, -0.05) is 133 Å². The molecule has 0 aliphatic carbocycles. The van der Waals surface area contributed by atoms with E-state index in [0.717, 1.165) is 66.8 Å². The van der Waals surface area contributed by atoms with Crippen molar-refractivity contribution in [1.29, 1.82) is 0 Å². The van der Waals surface area contributed by atoms with Crippen molar-refractivity contribution in [3.8, 4) is 56.3 Å². The van der Waals surface area contributed by atoms with Crippen molar-refractivity contribution in [3.63, 3.8) is 0 Å². The quantitative estimate of drug-likeness (QED) is 0.191. The maximum absolute atomic E-state index is 5.17. The molecular weight excluding hydrogens is 548 g/mol. The van der Waals surface area contributed by atoms with E-state index in [0.29, 0.717) is 5.82 Å². The van der Waals surface area contributed by atoms with E-state index < -0.39 is 0 Å². The molecule has 8 rings (SSSR count). The smallest absolute Gasteiger partial charge is 0.160 e. The molecule has 4 nitrogen and oxygen atoms in total. The van der Waals surface area contributed by atoms with Crippen LogP contribution in [0.5, 0.6) is 0 Å². The van der Waals surface area contributed by atoms with Crippen molar-refractivity contribution in [2.24, 2.45) is 0 Å². The average molecular weight is 577 g/mol. The summed E-state index contributed by atoms with van der Waals surface area (Å²) in [6.07, 6.45) is 0. The predicted molar refractivity (Wildman–Crippen MR) is 185 cm³/mol. The Kier molecular flexibility index (Phi) is 6.65. The summed E-state index contributed by atoms with van der Waals surface area (Å²) in [5.41, 5.74) is 11.9. The third kappa shape index (κ3) is 5.13. The topological polar surface area (TPSA) is 51.6 Å². The number of nitrogens with zero attached hydrogens (tertiary/aromatic N) is 4. The van der Waals surface area contributed by atoms with Crippen LogP contribution in [0.3, 0.4) is 0 Å². The SMILES string of the molecule is Cc1cc(-c2ccccc2)c2ccc3ccc(-c4ccc(-c5cc(-c6ccccc6)nc(-c6ccccc6)n5)cc4)nc3c2n1. The molecule has 45 heavy (non-hydrogen) atoms. The van der Waals surface area contributed by atoms with Gasteiger partial charge >= 0.3 is 0 Å². The highest BCUT2D eigenvalue weighted by molar-refractivity contribution is 6.08. The van der Waals surface area contributed by atoms with E-state index in [2.05, 4.69) is 97.1 Å². The van der Waals surface area contributed by atoms with Gasteiger partial charge in [-0.25, -0.2) is 15.0 Å². The fourth-order valence-corrected chi connectivity index (χ4v) is 5.90. The zero-order chi connectivity index (χ0) is 30.2. The van der Waals surface area contributed by atoms with Crippen LogP contribution in [0.1, 0.15) is 5.69 Å². The highest BCUT2D eigenvalue weighted by Gasteiger charge is 2.13. The lowest BCUT2D eigenvalue weighted by Gasteiger charge is -2.12. The monoisotopic (exact) mass is 576 g/mol. The van der Waals surface area contributed by atoms with E-state index in [1.165, 1.54) is 11.1 Å². The minimum atomic E-state index is 0.705. The van der Waals surface area contributed by atoms with E-state index in [9.17, 15) is 0 Å². The van der Waals surface area contributed by atoms with Crippen molar-refractivity contribution >= 4 is 21.8 Å². The third-order valence-electron chi connectivity index (χ3n) is 8.16. The standard InChI is InChI=1S/C41H28N4/c1-27-25-35(28-11-5-2-6-12-28)34-23-21-32-22-24-36(43-39(32)40(34)42-27)30-17-19-31(20-18-30)38-26-37(29-13-7-3-8-14-29)44-41(45-38)33-15-9-4-10-16-33/h2-26H,1H3. The first-order valence-corrected chi connectivity index (χ1v) is 15.1. The maximum Gasteiger partial charge on any atom is 0.160 e. The van der Waals surface area contributed by atoms with Gasteiger partial charge in [-0.15, -0.1) is 0 Å². The second kappa shape index (κ2) is 11.3. The minimum absolute atomic E-state index is 0.705. The molecule has 0 fully saturated rings. The second-order valence-electron chi connectivity index (χ2n) is 11.2. The van der Waals surface area contributed by atoms with Crippen molar-refractivity contribution in [2.75, 3.05) is 0 Å². The van der Waals surface area contributed by atoms with Crippen LogP contribution in [-0.2, 0) is 0 Å². The van der Waals surface area contributed by atoms with E-state index in [1.54, 1.807) is 0 Å². The summed E-state index contributed by atoms with van der Waals surface area (Å²) < 4.78 is 0. The number of aryl methyl sites for hydroxylation is 1. The van der Waals surface area contributed by atoms with Gasteiger partial charge in [0, 0.05) is 38.7 Å². The van der Waals surface area contributed by atoms with Gasteiger partial charge in [0.1, 0.15) is 0 Å². The molecular formula is C41H28N4. The summed E-state index contributed by atoms with van der Waals surface area (Å²) in [5, 5.41) is 2.18. The molecule has 0 bridgehead atoms. The van der Waals surface area contributed by atoms with Crippen LogP contribution in [0.4, 0.5) is 0 Å². The lowest BCUT2D eigenvalue weighted by Crippen LogP contribution is -1.96. The van der Waals surface area contributed by atoms with Crippen LogP contribution in [0.25, 0.3) is 78.1 Å². The molecule has 0 saturated carbocycles. The van der Waals surface area contributed by atoms with Gasteiger partial charge in [0.2, 0.25) is 0 Å². The van der Waals surface area contributed by atoms with Crippen LogP contribution >= 0.6 is 0 Å². The van der Waals surface area contributed by atoms with Crippen LogP contribution in [0, 0.1) is 6.92 Å². The average Bonchev–Trinajstić information content (AvgIpc) is 3.12.